The van der Waals surface area contributed by atoms with E-state index >= 15 is 0 Å². The van der Waals surface area contributed by atoms with Crippen molar-refractivity contribution in [3.05, 3.63) is 16.3 Å². The van der Waals surface area contributed by atoms with Crippen molar-refractivity contribution in [2.75, 3.05) is 12.4 Å². The number of hydrogen-bond acceptors (Lipinski definition) is 5. The summed E-state index contributed by atoms with van der Waals surface area (Å²) < 4.78 is 4.61. The van der Waals surface area contributed by atoms with Crippen molar-refractivity contribution in [2.45, 2.75) is 25.8 Å². The van der Waals surface area contributed by atoms with Crippen LogP contribution in [0.5, 0.6) is 0 Å². The lowest BCUT2D eigenvalue weighted by molar-refractivity contribution is -0.117. The van der Waals surface area contributed by atoms with Crippen LogP contribution in [0, 0.1) is 0 Å². The van der Waals surface area contributed by atoms with Crippen LogP contribution in [0.4, 0.5) is 5.69 Å². The summed E-state index contributed by atoms with van der Waals surface area (Å²) in [5, 5.41) is 4.35. The molecule has 1 rings (SSSR count). The Labute approximate surface area is 104 Å². The number of hydrogen-bond donors (Lipinski definition) is 2. The van der Waals surface area contributed by atoms with Crippen LogP contribution in [0.25, 0.3) is 0 Å². The summed E-state index contributed by atoms with van der Waals surface area (Å²) in [5.41, 5.74) is 6.14. The third-order valence-corrected chi connectivity index (χ3v) is 3.12. The second-order valence-corrected chi connectivity index (χ2v) is 4.46. The van der Waals surface area contributed by atoms with Crippen molar-refractivity contribution in [3.63, 3.8) is 0 Å². The third-order valence-electron chi connectivity index (χ3n) is 2.23. The highest BCUT2D eigenvalue weighted by molar-refractivity contribution is 7.12. The molecule has 0 aromatic carbocycles. The number of nitrogens with one attached hydrogen (secondary N) is 1. The Kier molecular flexibility index (Phi) is 5.11. The molecule has 1 heterocycles. The highest BCUT2D eigenvalue weighted by Gasteiger charge is 2.18. The lowest BCUT2D eigenvalue weighted by atomic mass is 10.1. The van der Waals surface area contributed by atoms with Crippen LogP contribution in [0.2, 0.25) is 0 Å². The van der Waals surface area contributed by atoms with Gasteiger partial charge in [-0.1, -0.05) is 13.3 Å². The zero-order valence-corrected chi connectivity index (χ0v) is 10.7. The average Bonchev–Trinajstić information content (AvgIpc) is 2.76. The molecule has 1 amide bonds. The Morgan fingerprint density at radius 2 is 2.29 bits per heavy atom. The first-order chi connectivity index (χ1) is 8.10. The van der Waals surface area contributed by atoms with Gasteiger partial charge in [-0.3, -0.25) is 4.79 Å². The molecule has 0 fully saturated rings. The predicted molar refractivity (Wildman–Crippen MR) is 67.2 cm³/mol. The maximum Gasteiger partial charge on any atom is 0.350 e. The van der Waals surface area contributed by atoms with Crippen LogP contribution in [0.15, 0.2) is 11.4 Å². The largest absolute Gasteiger partial charge is 0.465 e. The van der Waals surface area contributed by atoms with Crippen molar-refractivity contribution in [1.29, 1.82) is 0 Å². The Bertz CT molecular complexity index is 403. The maximum absolute atomic E-state index is 11.7. The zero-order chi connectivity index (χ0) is 12.8. The lowest BCUT2D eigenvalue weighted by Crippen LogP contribution is -2.35. The monoisotopic (exact) mass is 256 g/mol. The summed E-state index contributed by atoms with van der Waals surface area (Å²) in [6.45, 7) is 1.96. The van der Waals surface area contributed by atoms with Crippen molar-refractivity contribution in [2.24, 2.45) is 5.73 Å². The van der Waals surface area contributed by atoms with Gasteiger partial charge < -0.3 is 15.8 Å². The molecule has 0 saturated carbocycles. The first kappa shape index (κ1) is 13.7. The lowest BCUT2D eigenvalue weighted by Gasteiger charge is -2.10. The van der Waals surface area contributed by atoms with E-state index in [0.29, 0.717) is 17.0 Å². The van der Waals surface area contributed by atoms with E-state index in [-0.39, 0.29) is 5.91 Å². The maximum atomic E-state index is 11.7. The summed E-state index contributed by atoms with van der Waals surface area (Å²) in [7, 11) is 1.30. The molecular weight excluding hydrogens is 240 g/mol. The highest BCUT2D eigenvalue weighted by Crippen LogP contribution is 2.23. The van der Waals surface area contributed by atoms with Gasteiger partial charge in [0.1, 0.15) is 4.88 Å². The van der Waals surface area contributed by atoms with E-state index in [9.17, 15) is 9.59 Å². The summed E-state index contributed by atoms with van der Waals surface area (Å²) in [4.78, 5) is 23.4. The quantitative estimate of drug-likeness (QED) is 0.784. The van der Waals surface area contributed by atoms with Gasteiger partial charge in [0, 0.05) is 0 Å². The van der Waals surface area contributed by atoms with Gasteiger partial charge in [-0.2, -0.15) is 0 Å². The fourth-order valence-corrected chi connectivity index (χ4v) is 2.09. The number of nitrogens with two attached hydrogens (primary N) is 1. The van der Waals surface area contributed by atoms with Gasteiger partial charge in [0.2, 0.25) is 5.91 Å². The van der Waals surface area contributed by atoms with Crippen LogP contribution in [0.3, 0.4) is 0 Å². The number of rotatable bonds is 5. The minimum atomic E-state index is -0.551. The highest BCUT2D eigenvalue weighted by atomic mass is 32.1. The Morgan fingerprint density at radius 3 is 2.88 bits per heavy atom. The van der Waals surface area contributed by atoms with Crippen molar-refractivity contribution in [1.82, 2.24) is 0 Å². The van der Waals surface area contributed by atoms with Crippen LogP contribution in [-0.2, 0) is 9.53 Å². The van der Waals surface area contributed by atoms with Gasteiger partial charge in [0.15, 0.2) is 0 Å². The fraction of sp³-hybridized carbons (Fsp3) is 0.455. The smallest absolute Gasteiger partial charge is 0.350 e. The molecule has 0 aliphatic heterocycles. The molecule has 5 nitrogen and oxygen atoms in total. The van der Waals surface area contributed by atoms with Gasteiger partial charge >= 0.3 is 5.97 Å². The predicted octanol–water partition coefficient (Wildman–Crippen LogP) is 1.60. The van der Waals surface area contributed by atoms with Gasteiger partial charge in [-0.05, 0) is 17.9 Å². The Balaban J connectivity index is 2.72. The number of carbonyl (C=O) groups excluding carboxylic acids is 2. The molecule has 0 radical (unpaired) electrons. The summed E-state index contributed by atoms with van der Waals surface area (Å²) in [6.07, 6.45) is 1.45. The first-order valence-corrected chi connectivity index (χ1v) is 6.20. The molecule has 0 aliphatic carbocycles. The number of methoxy groups -OCH3 is 1. The molecule has 3 N–H and O–H groups in total. The minimum Gasteiger partial charge on any atom is -0.465 e. The molecule has 0 aliphatic rings. The molecule has 0 bridgehead atoms. The molecule has 1 aromatic rings. The van der Waals surface area contributed by atoms with E-state index < -0.39 is 12.0 Å². The number of carbonyl (C=O) groups is 2. The normalized spacial score (nSPS) is 11.9. The number of anilines is 1. The molecule has 1 unspecified atom stereocenters. The van der Waals surface area contributed by atoms with Gasteiger partial charge in [-0.25, -0.2) is 4.79 Å². The molecule has 0 spiro atoms. The topological polar surface area (TPSA) is 81.4 Å². The van der Waals surface area contributed by atoms with E-state index in [0.717, 1.165) is 6.42 Å². The van der Waals surface area contributed by atoms with Crippen LogP contribution in [0.1, 0.15) is 29.4 Å². The number of thiophene rings is 1. The Morgan fingerprint density at radius 1 is 1.59 bits per heavy atom. The van der Waals surface area contributed by atoms with Gasteiger partial charge in [-0.15, -0.1) is 11.3 Å². The number of esters is 1. The molecule has 0 saturated heterocycles. The van der Waals surface area contributed by atoms with E-state index in [1.807, 2.05) is 6.92 Å². The third kappa shape index (κ3) is 3.54. The number of amides is 1. The zero-order valence-electron chi connectivity index (χ0n) is 9.86. The van der Waals surface area contributed by atoms with E-state index in [4.69, 9.17) is 5.73 Å². The summed E-state index contributed by atoms with van der Waals surface area (Å²) >= 11 is 1.22. The van der Waals surface area contributed by atoms with E-state index in [1.54, 1.807) is 11.4 Å². The van der Waals surface area contributed by atoms with Crippen LogP contribution < -0.4 is 11.1 Å². The molecule has 6 heteroatoms. The molecule has 1 aromatic heterocycles. The second kappa shape index (κ2) is 6.36. The van der Waals surface area contributed by atoms with Crippen molar-refractivity contribution in [3.8, 4) is 0 Å². The van der Waals surface area contributed by atoms with E-state index in [1.165, 1.54) is 18.4 Å². The second-order valence-electron chi connectivity index (χ2n) is 3.54. The molecule has 17 heavy (non-hydrogen) atoms. The van der Waals surface area contributed by atoms with Crippen LogP contribution >= 0.6 is 11.3 Å². The van der Waals surface area contributed by atoms with Gasteiger partial charge in [0.25, 0.3) is 0 Å². The Hall–Kier alpha value is -1.40. The van der Waals surface area contributed by atoms with Gasteiger partial charge in [0.05, 0.1) is 18.8 Å². The van der Waals surface area contributed by atoms with Crippen LogP contribution in [-0.4, -0.2) is 25.0 Å². The summed E-state index contributed by atoms with van der Waals surface area (Å²) in [5.74, 6) is -0.741. The SMILES string of the molecule is CCCC(N)C(=O)Nc1ccsc1C(=O)OC. The minimum absolute atomic E-state index is 0.282. The first-order valence-electron chi connectivity index (χ1n) is 5.32. The van der Waals surface area contributed by atoms with Crippen molar-refractivity contribution >= 4 is 28.9 Å². The summed E-state index contributed by atoms with van der Waals surface area (Å²) in [6, 6.07) is 1.11. The molecule has 1 atom stereocenters. The molecule has 94 valence electrons. The molecular formula is C11H16N2O3S. The average molecular weight is 256 g/mol. The standard InChI is InChI=1S/C11H16N2O3S/c1-3-4-7(12)10(14)13-8-5-6-17-9(8)11(15)16-2/h5-7H,3-4,12H2,1-2H3,(H,13,14). The number of ether oxygens (including phenoxy) is 1. The van der Waals surface area contributed by atoms with Crippen molar-refractivity contribution < 1.29 is 14.3 Å². The fourth-order valence-electron chi connectivity index (χ4n) is 1.33. The van der Waals surface area contributed by atoms with E-state index in [2.05, 4.69) is 10.1 Å².